The summed E-state index contributed by atoms with van der Waals surface area (Å²) < 4.78 is 0. The Morgan fingerprint density at radius 2 is 1.65 bits per heavy atom. The molecule has 0 aliphatic heterocycles. The fourth-order valence-corrected chi connectivity index (χ4v) is 0.838. The third-order valence-corrected chi connectivity index (χ3v) is 1.44. The van der Waals surface area contributed by atoms with Crippen LogP contribution in [0.15, 0.2) is 46.3 Å². The molecule has 0 fully saturated rings. The fourth-order valence-electron chi connectivity index (χ4n) is 0.838. The lowest BCUT2D eigenvalue weighted by atomic mass is 10.1. The van der Waals surface area contributed by atoms with Crippen molar-refractivity contribution in [3.63, 3.8) is 0 Å². The van der Waals surface area contributed by atoms with E-state index in [1.807, 2.05) is 13.8 Å². The van der Waals surface area contributed by atoms with Gasteiger partial charge in [0.15, 0.2) is 0 Å². The minimum absolute atomic E-state index is 0.0534. The van der Waals surface area contributed by atoms with Gasteiger partial charge in [0.2, 0.25) is 0 Å². The monoisotopic (exact) mass is 237 g/mol. The van der Waals surface area contributed by atoms with Crippen molar-refractivity contribution in [2.45, 2.75) is 20.8 Å². The third kappa shape index (κ3) is 6.09. The summed E-state index contributed by atoms with van der Waals surface area (Å²) in [7, 11) is 0. The topological polar surface area (TPSA) is 65.3 Å². The molecule has 0 heterocycles. The van der Waals surface area contributed by atoms with Crippen LogP contribution < -0.4 is 0 Å². The Morgan fingerprint density at radius 1 is 1.24 bits per heavy atom. The van der Waals surface area contributed by atoms with E-state index in [0.29, 0.717) is 5.57 Å². The highest BCUT2D eigenvalue weighted by Gasteiger charge is 2.16. The van der Waals surface area contributed by atoms with Crippen LogP contribution >= 0.6 is 0 Å². The van der Waals surface area contributed by atoms with Crippen molar-refractivity contribution >= 4 is 19.4 Å². The Morgan fingerprint density at radius 3 is 1.88 bits per heavy atom. The Bertz CT molecular complexity index is 349. The molecule has 0 rings (SSSR count). The second-order valence-corrected chi connectivity index (χ2v) is 2.73. The van der Waals surface area contributed by atoms with Crippen LogP contribution in [0, 0.1) is 0 Å². The van der Waals surface area contributed by atoms with Gasteiger partial charge in [-0.1, -0.05) is 32.6 Å². The van der Waals surface area contributed by atoms with Gasteiger partial charge in [0, 0.05) is 13.4 Å². The van der Waals surface area contributed by atoms with Gasteiger partial charge in [0.1, 0.15) is 0 Å². The molecule has 1 N–H and O–H groups in total. The van der Waals surface area contributed by atoms with Crippen LogP contribution in [0.4, 0.5) is 0 Å². The molecule has 0 bridgehead atoms. The van der Waals surface area contributed by atoms with Crippen LogP contribution in [0.25, 0.3) is 0 Å². The van der Waals surface area contributed by atoms with Gasteiger partial charge in [0.25, 0.3) is 0 Å². The average Bonchev–Trinajstić information content (AvgIpc) is 2.29. The number of hydrazone groups is 2. The number of carbonyl (C=O) groups is 1. The van der Waals surface area contributed by atoms with E-state index in [9.17, 15) is 4.79 Å². The maximum atomic E-state index is 10.9. The van der Waals surface area contributed by atoms with Crippen LogP contribution in [0.5, 0.6) is 0 Å². The minimum atomic E-state index is -1.14. The molecule has 0 unspecified atom stereocenters. The number of carboxylic acids is 1. The Balaban J connectivity index is 0. The summed E-state index contributed by atoms with van der Waals surface area (Å²) >= 11 is 0. The van der Waals surface area contributed by atoms with Crippen LogP contribution in [-0.4, -0.2) is 29.6 Å². The predicted molar refractivity (Wildman–Crippen MR) is 72.0 cm³/mol. The van der Waals surface area contributed by atoms with Crippen LogP contribution in [0.3, 0.4) is 0 Å². The van der Waals surface area contributed by atoms with Gasteiger partial charge in [-0.2, -0.15) is 15.3 Å². The summed E-state index contributed by atoms with van der Waals surface area (Å²) in [5.74, 6) is -1.14. The molecule has 94 valence electrons. The Kier molecular flexibility index (Phi) is 9.21. The molecule has 0 saturated carbocycles. The van der Waals surface area contributed by atoms with Crippen LogP contribution in [0.1, 0.15) is 20.8 Å². The third-order valence-electron chi connectivity index (χ3n) is 1.44. The van der Waals surface area contributed by atoms with E-state index in [4.69, 9.17) is 5.11 Å². The molecule has 0 aromatic heterocycles. The molecular weight excluding hydrogens is 218 g/mol. The molecule has 0 aromatic carbocycles. The highest BCUT2D eigenvalue weighted by Crippen LogP contribution is 2.15. The lowest BCUT2D eigenvalue weighted by Gasteiger charge is -2.14. The Labute approximate surface area is 102 Å². The molecule has 0 saturated heterocycles. The van der Waals surface area contributed by atoms with E-state index in [0.717, 1.165) is 5.12 Å². The zero-order chi connectivity index (χ0) is 14.0. The number of nitrogens with zero attached hydrogens (tertiary/aromatic N) is 3. The zero-order valence-corrected chi connectivity index (χ0v) is 10.6. The van der Waals surface area contributed by atoms with Crippen molar-refractivity contribution < 1.29 is 9.90 Å². The van der Waals surface area contributed by atoms with Gasteiger partial charge in [-0.15, -0.1) is 0 Å². The second-order valence-electron chi connectivity index (χ2n) is 2.73. The van der Waals surface area contributed by atoms with Crippen LogP contribution in [0.2, 0.25) is 0 Å². The predicted octanol–water partition coefficient (Wildman–Crippen LogP) is 2.65. The van der Waals surface area contributed by atoms with Crippen molar-refractivity contribution in [1.82, 2.24) is 5.12 Å². The summed E-state index contributed by atoms with van der Waals surface area (Å²) in [6.45, 7) is 19.2. The molecule has 5 nitrogen and oxygen atoms in total. The van der Waals surface area contributed by atoms with Crippen molar-refractivity contribution in [3.05, 3.63) is 36.1 Å². The maximum absolute atomic E-state index is 10.9. The summed E-state index contributed by atoms with van der Waals surface area (Å²) in [4.78, 5) is 10.9. The van der Waals surface area contributed by atoms with Crippen molar-refractivity contribution in [2.75, 3.05) is 0 Å². The normalized spacial score (nSPS) is 9.47. The first-order valence-electron chi connectivity index (χ1n) is 4.97. The molecule has 0 amide bonds. The fraction of sp³-hybridized carbons (Fsp3) is 0.250. The number of rotatable bonds is 6. The number of carboxylic acid groups (broad SMARTS) is 1. The summed E-state index contributed by atoms with van der Waals surface area (Å²) in [6.07, 6.45) is 1.37. The standard InChI is InChI=1S/C10H13N3O2.C2H6/c1-7(2)6-9(10(14)15)8(3)13(11-4)12-5;1-2/h6H,1,3-5H2,2H3,(H,14,15);1-2H3/b9-6+;. The molecule has 5 heteroatoms. The van der Waals surface area contributed by atoms with E-state index >= 15 is 0 Å². The van der Waals surface area contributed by atoms with E-state index in [1.165, 1.54) is 6.08 Å². The van der Waals surface area contributed by atoms with Gasteiger partial charge in [-0.3, -0.25) is 0 Å². The molecule has 0 aromatic rings. The molecule has 0 aliphatic carbocycles. The molecule has 0 aliphatic rings. The van der Waals surface area contributed by atoms with E-state index in [1.54, 1.807) is 6.92 Å². The first kappa shape index (κ1) is 17.2. The lowest BCUT2D eigenvalue weighted by molar-refractivity contribution is -0.132. The summed E-state index contributed by atoms with van der Waals surface area (Å²) in [6, 6.07) is 0. The van der Waals surface area contributed by atoms with E-state index < -0.39 is 5.97 Å². The smallest absolute Gasteiger partial charge is 0.337 e. The lowest BCUT2D eigenvalue weighted by Crippen LogP contribution is -2.15. The summed E-state index contributed by atoms with van der Waals surface area (Å²) in [5, 5.41) is 16.7. The van der Waals surface area contributed by atoms with E-state index in [2.05, 4.69) is 36.8 Å². The number of hydrogen-bond donors (Lipinski definition) is 1. The van der Waals surface area contributed by atoms with Gasteiger partial charge >= 0.3 is 5.97 Å². The maximum Gasteiger partial charge on any atom is 0.337 e. The minimum Gasteiger partial charge on any atom is -0.478 e. The largest absolute Gasteiger partial charge is 0.478 e. The highest BCUT2D eigenvalue weighted by molar-refractivity contribution is 5.91. The zero-order valence-electron chi connectivity index (χ0n) is 10.6. The number of hydrogen-bond acceptors (Lipinski definition) is 4. The van der Waals surface area contributed by atoms with Gasteiger partial charge in [0.05, 0.1) is 11.3 Å². The molecule has 17 heavy (non-hydrogen) atoms. The molecule has 0 radical (unpaired) electrons. The number of aliphatic carboxylic acids is 1. The molecule has 0 atom stereocenters. The number of allylic oxidation sites excluding steroid dienone is 2. The quantitative estimate of drug-likeness (QED) is 0.334. The van der Waals surface area contributed by atoms with Gasteiger partial charge in [-0.05, 0) is 13.0 Å². The first-order valence-corrected chi connectivity index (χ1v) is 4.97. The SMILES string of the molecule is C=NN(N=C)C(=C)/C(=C\C(=C)C)C(=O)O.CC. The Hall–Kier alpha value is -2.17. The average molecular weight is 237 g/mol. The highest BCUT2D eigenvalue weighted by atomic mass is 16.4. The van der Waals surface area contributed by atoms with Crippen molar-refractivity contribution in [2.24, 2.45) is 10.2 Å². The van der Waals surface area contributed by atoms with Gasteiger partial charge in [-0.25, -0.2) is 4.79 Å². The van der Waals surface area contributed by atoms with Gasteiger partial charge < -0.3 is 5.11 Å². The van der Waals surface area contributed by atoms with Crippen molar-refractivity contribution in [3.8, 4) is 0 Å². The van der Waals surface area contributed by atoms with Crippen LogP contribution in [-0.2, 0) is 4.79 Å². The van der Waals surface area contributed by atoms with Crippen molar-refractivity contribution in [1.29, 1.82) is 0 Å². The summed E-state index contributed by atoms with van der Waals surface area (Å²) in [5.41, 5.74) is 0.611. The molecular formula is C12H19N3O2. The first-order chi connectivity index (χ1) is 7.93. The molecule has 0 spiro atoms. The second kappa shape index (κ2) is 9.08. The van der Waals surface area contributed by atoms with E-state index in [-0.39, 0.29) is 11.3 Å².